The summed E-state index contributed by atoms with van der Waals surface area (Å²) in [6, 6.07) is -0.768. The second-order valence-electron chi connectivity index (χ2n) is 3.69. The van der Waals surface area contributed by atoms with E-state index in [1.54, 1.807) is 18.1 Å². The van der Waals surface area contributed by atoms with Crippen LogP contribution in [0.5, 0.6) is 0 Å². The zero-order chi connectivity index (χ0) is 12.7. The second kappa shape index (κ2) is 7.29. The van der Waals surface area contributed by atoms with Crippen LogP contribution in [0, 0.1) is 0 Å². The van der Waals surface area contributed by atoms with Crippen LogP contribution in [0.2, 0.25) is 0 Å². The molecule has 0 amide bonds. The van der Waals surface area contributed by atoms with Crippen molar-refractivity contribution in [3.05, 3.63) is 12.2 Å². The summed E-state index contributed by atoms with van der Waals surface area (Å²) in [6.07, 6.45) is 3.04. The van der Waals surface area contributed by atoms with E-state index in [1.165, 1.54) is 0 Å². The van der Waals surface area contributed by atoms with Gasteiger partial charge in [-0.05, 0) is 18.6 Å². The van der Waals surface area contributed by atoms with E-state index in [4.69, 9.17) is 10.8 Å². The van der Waals surface area contributed by atoms with Crippen LogP contribution in [0.1, 0.15) is 25.6 Å². The molecule has 1 unspecified atom stereocenters. The van der Waals surface area contributed by atoms with Crippen molar-refractivity contribution < 1.29 is 9.90 Å². The number of aliphatic carboxylic acids is 1. The van der Waals surface area contributed by atoms with E-state index >= 15 is 0 Å². The van der Waals surface area contributed by atoms with E-state index in [-0.39, 0.29) is 0 Å². The van der Waals surface area contributed by atoms with Gasteiger partial charge < -0.3 is 10.8 Å². The summed E-state index contributed by atoms with van der Waals surface area (Å²) in [5.41, 5.74) is 5.41. The van der Waals surface area contributed by atoms with Crippen LogP contribution in [-0.4, -0.2) is 37.6 Å². The molecule has 1 aromatic heterocycles. The fourth-order valence-electron chi connectivity index (χ4n) is 1.30. The predicted octanol–water partition coefficient (Wildman–Crippen LogP) is 0.723. The summed E-state index contributed by atoms with van der Waals surface area (Å²) in [4.78, 5) is 14.7. The Morgan fingerprint density at radius 2 is 2.47 bits per heavy atom. The molecule has 0 aliphatic carbocycles. The van der Waals surface area contributed by atoms with Crippen LogP contribution in [0.4, 0.5) is 0 Å². The molecule has 1 heterocycles. The van der Waals surface area contributed by atoms with Crippen molar-refractivity contribution in [2.45, 2.75) is 38.1 Å². The van der Waals surface area contributed by atoms with Gasteiger partial charge in [-0.3, -0.25) is 4.79 Å². The van der Waals surface area contributed by atoms with E-state index in [1.807, 2.05) is 4.68 Å². The highest BCUT2D eigenvalue weighted by Gasteiger charge is 2.11. The Labute approximate surface area is 105 Å². The average Bonchev–Trinajstić information content (AvgIpc) is 2.72. The summed E-state index contributed by atoms with van der Waals surface area (Å²) in [7, 11) is 0. The third kappa shape index (κ3) is 4.74. The highest BCUT2D eigenvalue weighted by molar-refractivity contribution is 7.98. The molecule has 0 aliphatic rings. The molecule has 0 saturated heterocycles. The number of nitrogens with zero attached hydrogens (tertiary/aromatic N) is 3. The fraction of sp³-hybridized carbons (Fsp3) is 0.700. The second-order valence-corrected chi connectivity index (χ2v) is 4.79. The Morgan fingerprint density at radius 1 is 1.71 bits per heavy atom. The summed E-state index contributed by atoms with van der Waals surface area (Å²) in [5, 5.41) is 12.7. The van der Waals surface area contributed by atoms with Gasteiger partial charge in [0.15, 0.2) is 0 Å². The Bertz CT molecular complexity index is 356. The van der Waals surface area contributed by atoms with Crippen LogP contribution in [0.15, 0.2) is 6.33 Å². The van der Waals surface area contributed by atoms with Crippen molar-refractivity contribution in [2.24, 2.45) is 5.73 Å². The van der Waals surface area contributed by atoms with E-state index in [2.05, 4.69) is 17.0 Å². The van der Waals surface area contributed by atoms with Gasteiger partial charge in [-0.1, -0.05) is 6.92 Å². The molecule has 1 atom stereocenters. The SMILES string of the molecule is CCCn1ncnc1CSCCC(N)C(=O)O. The van der Waals surface area contributed by atoms with Crippen molar-refractivity contribution in [3.8, 4) is 0 Å². The molecule has 0 fully saturated rings. The van der Waals surface area contributed by atoms with Gasteiger partial charge in [0.25, 0.3) is 0 Å². The van der Waals surface area contributed by atoms with E-state index < -0.39 is 12.0 Å². The van der Waals surface area contributed by atoms with Gasteiger partial charge in [-0.15, -0.1) is 0 Å². The standard InChI is InChI=1S/C10H18N4O2S/c1-2-4-14-9(12-7-13-14)6-17-5-3-8(11)10(15)16/h7-8H,2-6,11H2,1H3,(H,15,16). The third-order valence-corrected chi connectivity index (χ3v) is 3.24. The molecular formula is C10H18N4O2S. The maximum atomic E-state index is 10.5. The Morgan fingerprint density at radius 3 is 3.12 bits per heavy atom. The van der Waals surface area contributed by atoms with Crippen molar-refractivity contribution in [3.63, 3.8) is 0 Å². The molecule has 0 saturated carbocycles. The zero-order valence-corrected chi connectivity index (χ0v) is 10.7. The zero-order valence-electron chi connectivity index (χ0n) is 9.87. The number of carboxylic acid groups (broad SMARTS) is 1. The number of rotatable bonds is 8. The van der Waals surface area contributed by atoms with Crippen LogP contribution in [0.3, 0.4) is 0 Å². The molecule has 1 aromatic rings. The molecule has 7 heteroatoms. The monoisotopic (exact) mass is 258 g/mol. The molecule has 0 bridgehead atoms. The maximum absolute atomic E-state index is 10.5. The van der Waals surface area contributed by atoms with Crippen LogP contribution >= 0.6 is 11.8 Å². The lowest BCUT2D eigenvalue weighted by Gasteiger charge is -2.06. The van der Waals surface area contributed by atoms with Crippen molar-refractivity contribution >= 4 is 17.7 Å². The minimum atomic E-state index is -0.945. The molecule has 3 N–H and O–H groups in total. The van der Waals surface area contributed by atoms with Crippen LogP contribution in [0.25, 0.3) is 0 Å². The van der Waals surface area contributed by atoms with Gasteiger partial charge in [-0.25, -0.2) is 9.67 Å². The maximum Gasteiger partial charge on any atom is 0.320 e. The molecular weight excluding hydrogens is 240 g/mol. The number of thioether (sulfide) groups is 1. The van der Waals surface area contributed by atoms with Crippen molar-refractivity contribution in [1.29, 1.82) is 0 Å². The summed E-state index contributed by atoms with van der Waals surface area (Å²) < 4.78 is 1.88. The highest BCUT2D eigenvalue weighted by Crippen LogP contribution is 2.11. The van der Waals surface area contributed by atoms with Crippen molar-refractivity contribution in [2.75, 3.05) is 5.75 Å². The number of nitrogens with two attached hydrogens (primary N) is 1. The molecule has 0 spiro atoms. The minimum absolute atomic E-state index is 0.474. The van der Waals surface area contributed by atoms with E-state index in [9.17, 15) is 4.79 Å². The van der Waals surface area contributed by atoms with E-state index in [0.717, 1.165) is 24.5 Å². The number of aryl methyl sites for hydroxylation is 1. The largest absolute Gasteiger partial charge is 0.480 e. The Balaban J connectivity index is 2.26. The topological polar surface area (TPSA) is 94.0 Å². The molecule has 0 aromatic carbocycles. The van der Waals surface area contributed by atoms with Gasteiger partial charge in [0.2, 0.25) is 0 Å². The fourth-order valence-corrected chi connectivity index (χ4v) is 2.27. The summed E-state index contributed by atoms with van der Waals surface area (Å²) in [6.45, 7) is 2.95. The smallest absolute Gasteiger partial charge is 0.320 e. The lowest BCUT2D eigenvalue weighted by atomic mass is 10.2. The summed E-state index contributed by atoms with van der Waals surface area (Å²) >= 11 is 1.63. The number of hydrogen-bond acceptors (Lipinski definition) is 5. The highest BCUT2D eigenvalue weighted by atomic mass is 32.2. The first-order chi connectivity index (χ1) is 8.15. The number of hydrogen-bond donors (Lipinski definition) is 2. The average molecular weight is 258 g/mol. The third-order valence-electron chi connectivity index (χ3n) is 2.25. The van der Waals surface area contributed by atoms with Gasteiger partial charge in [0, 0.05) is 6.54 Å². The van der Waals surface area contributed by atoms with E-state index in [0.29, 0.717) is 12.2 Å². The first kappa shape index (κ1) is 14.0. The van der Waals surface area contributed by atoms with Gasteiger partial charge in [-0.2, -0.15) is 16.9 Å². The van der Waals surface area contributed by atoms with Crippen molar-refractivity contribution in [1.82, 2.24) is 14.8 Å². The Kier molecular flexibility index (Phi) is 5.99. The molecule has 0 aliphatic heterocycles. The lowest BCUT2D eigenvalue weighted by Crippen LogP contribution is -2.30. The van der Waals surface area contributed by atoms with Crippen LogP contribution in [-0.2, 0) is 17.1 Å². The first-order valence-electron chi connectivity index (χ1n) is 5.58. The number of aromatic nitrogens is 3. The number of carbonyl (C=O) groups is 1. The number of carboxylic acids is 1. The first-order valence-corrected chi connectivity index (χ1v) is 6.73. The van der Waals surface area contributed by atoms with Gasteiger partial charge in [0.05, 0.1) is 5.75 Å². The molecule has 6 nitrogen and oxygen atoms in total. The predicted molar refractivity (Wildman–Crippen MR) is 66.7 cm³/mol. The molecule has 17 heavy (non-hydrogen) atoms. The molecule has 96 valence electrons. The molecule has 1 rings (SSSR count). The minimum Gasteiger partial charge on any atom is -0.480 e. The normalized spacial score (nSPS) is 12.6. The summed E-state index contributed by atoms with van der Waals surface area (Å²) in [5.74, 6) is 1.44. The van der Waals surface area contributed by atoms with Gasteiger partial charge >= 0.3 is 5.97 Å². The van der Waals surface area contributed by atoms with Gasteiger partial charge in [0.1, 0.15) is 18.2 Å². The quantitative estimate of drug-likeness (QED) is 0.667. The lowest BCUT2D eigenvalue weighted by molar-refractivity contribution is -0.138. The Hall–Kier alpha value is -1.08. The molecule has 0 radical (unpaired) electrons. The van der Waals surface area contributed by atoms with Crippen LogP contribution < -0.4 is 5.73 Å².